The first-order valence-electron chi connectivity index (χ1n) is 7.00. The fraction of sp³-hybridized carbons (Fsp3) is 0.250. The Morgan fingerprint density at radius 3 is 3.00 bits per heavy atom. The number of rotatable bonds is 5. The molecule has 0 bridgehead atoms. The van der Waals surface area contributed by atoms with Gasteiger partial charge in [0.1, 0.15) is 24.3 Å². The second kappa shape index (κ2) is 5.93. The molecule has 6 nitrogen and oxygen atoms in total. The highest BCUT2D eigenvalue weighted by Gasteiger charge is 2.08. The predicted molar refractivity (Wildman–Crippen MR) is 81.4 cm³/mol. The van der Waals surface area contributed by atoms with Crippen LogP contribution in [0.3, 0.4) is 0 Å². The first-order chi connectivity index (χ1) is 10.6. The molecule has 0 atom stereocenters. The van der Waals surface area contributed by atoms with E-state index in [-0.39, 0.29) is 5.91 Å². The molecule has 0 fully saturated rings. The van der Waals surface area contributed by atoms with E-state index in [4.69, 9.17) is 9.26 Å². The number of ether oxygens (including phenoxy) is 1. The van der Waals surface area contributed by atoms with Crippen molar-refractivity contribution >= 4 is 16.8 Å². The van der Waals surface area contributed by atoms with Crippen molar-refractivity contribution in [3.8, 4) is 5.75 Å². The standard InChI is InChI=1S/C16H17N3O3/c1-10-5-12-6-14(8-17-11(2)20)18-15(12)7-16(10)21-9-13-3-4-22-19-13/h3-7,18H,8-9H2,1-2H3,(H,17,20). The molecule has 114 valence electrons. The van der Waals surface area contributed by atoms with E-state index in [1.807, 2.05) is 19.1 Å². The number of hydrogen-bond acceptors (Lipinski definition) is 4. The van der Waals surface area contributed by atoms with Gasteiger partial charge in [0.25, 0.3) is 0 Å². The number of amides is 1. The van der Waals surface area contributed by atoms with Crippen LogP contribution in [0.2, 0.25) is 0 Å². The number of aromatic nitrogens is 2. The van der Waals surface area contributed by atoms with Gasteiger partial charge in [-0.1, -0.05) is 5.16 Å². The maximum Gasteiger partial charge on any atom is 0.217 e. The molecule has 2 N–H and O–H groups in total. The van der Waals surface area contributed by atoms with Gasteiger partial charge >= 0.3 is 0 Å². The summed E-state index contributed by atoms with van der Waals surface area (Å²) in [5.74, 6) is 0.745. The Balaban J connectivity index is 1.79. The number of H-pyrrole nitrogens is 1. The normalized spacial score (nSPS) is 10.8. The van der Waals surface area contributed by atoms with Crippen LogP contribution in [0.5, 0.6) is 5.75 Å². The highest BCUT2D eigenvalue weighted by Crippen LogP contribution is 2.26. The lowest BCUT2D eigenvalue weighted by molar-refractivity contribution is -0.119. The molecule has 0 aliphatic carbocycles. The molecule has 1 amide bonds. The zero-order valence-electron chi connectivity index (χ0n) is 12.5. The number of carbonyl (C=O) groups is 1. The Labute approximate surface area is 127 Å². The van der Waals surface area contributed by atoms with Crippen molar-refractivity contribution in [3.05, 3.63) is 47.5 Å². The topological polar surface area (TPSA) is 80.2 Å². The third-order valence-electron chi connectivity index (χ3n) is 3.37. The fourth-order valence-corrected chi connectivity index (χ4v) is 2.27. The minimum Gasteiger partial charge on any atom is -0.487 e. The van der Waals surface area contributed by atoms with Crippen LogP contribution < -0.4 is 10.1 Å². The first-order valence-corrected chi connectivity index (χ1v) is 7.00. The summed E-state index contributed by atoms with van der Waals surface area (Å²) in [6.07, 6.45) is 1.52. The van der Waals surface area contributed by atoms with E-state index in [0.717, 1.165) is 33.6 Å². The number of aryl methyl sites for hydroxylation is 1. The van der Waals surface area contributed by atoms with Crippen LogP contribution >= 0.6 is 0 Å². The van der Waals surface area contributed by atoms with Crippen LogP contribution in [-0.2, 0) is 17.9 Å². The van der Waals surface area contributed by atoms with Crippen LogP contribution in [0, 0.1) is 6.92 Å². The molecule has 0 unspecified atom stereocenters. The molecular formula is C16H17N3O3. The summed E-state index contributed by atoms with van der Waals surface area (Å²) in [4.78, 5) is 14.3. The lowest BCUT2D eigenvalue weighted by atomic mass is 10.1. The lowest BCUT2D eigenvalue weighted by Gasteiger charge is -2.07. The molecule has 6 heteroatoms. The summed E-state index contributed by atoms with van der Waals surface area (Å²) in [5.41, 5.74) is 3.72. The SMILES string of the molecule is CC(=O)NCc1cc2cc(C)c(OCc3ccon3)cc2[nH]1. The van der Waals surface area contributed by atoms with E-state index >= 15 is 0 Å². The van der Waals surface area contributed by atoms with Gasteiger partial charge < -0.3 is 19.6 Å². The largest absolute Gasteiger partial charge is 0.487 e. The van der Waals surface area contributed by atoms with Crippen molar-refractivity contribution in [2.45, 2.75) is 27.0 Å². The number of nitrogens with zero attached hydrogens (tertiary/aromatic N) is 1. The molecule has 1 aromatic carbocycles. The number of carbonyl (C=O) groups excluding carboxylic acids is 1. The smallest absolute Gasteiger partial charge is 0.217 e. The molecule has 0 radical (unpaired) electrons. The van der Waals surface area contributed by atoms with Crippen LogP contribution in [0.1, 0.15) is 23.9 Å². The molecule has 2 heterocycles. The van der Waals surface area contributed by atoms with E-state index in [1.165, 1.54) is 13.2 Å². The Morgan fingerprint density at radius 1 is 1.41 bits per heavy atom. The Morgan fingerprint density at radius 2 is 2.27 bits per heavy atom. The van der Waals surface area contributed by atoms with Gasteiger partial charge in [0.2, 0.25) is 5.91 Å². The van der Waals surface area contributed by atoms with Crippen LogP contribution in [0.4, 0.5) is 0 Å². The van der Waals surface area contributed by atoms with Gasteiger partial charge in [-0.15, -0.1) is 0 Å². The van der Waals surface area contributed by atoms with Crippen molar-refractivity contribution in [1.29, 1.82) is 0 Å². The number of benzene rings is 1. The quantitative estimate of drug-likeness (QED) is 0.759. The minimum absolute atomic E-state index is 0.0496. The average molecular weight is 299 g/mol. The van der Waals surface area contributed by atoms with Gasteiger partial charge in [-0.25, -0.2) is 0 Å². The lowest BCUT2D eigenvalue weighted by Crippen LogP contribution is -2.18. The van der Waals surface area contributed by atoms with E-state index in [1.54, 1.807) is 6.07 Å². The van der Waals surface area contributed by atoms with Crippen molar-refractivity contribution < 1.29 is 14.1 Å². The van der Waals surface area contributed by atoms with Crippen molar-refractivity contribution in [1.82, 2.24) is 15.5 Å². The maximum absolute atomic E-state index is 11.0. The highest BCUT2D eigenvalue weighted by atomic mass is 16.5. The van der Waals surface area contributed by atoms with E-state index in [0.29, 0.717) is 13.2 Å². The first kappa shape index (κ1) is 14.2. The summed E-state index contributed by atoms with van der Waals surface area (Å²) < 4.78 is 10.6. The van der Waals surface area contributed by atoms with Crippen molar-refractivity contribution in [3.63, 3.8) is 0 Å². The van der Waals surface area contributed by atoms with Gasteiger partial charge in [0, 0.05) is 35.7 Å². The number of aromatic amines is 1. The highest BCUT2D eigenvalue weighted by molar-refractivity contribution is 5.83. The minimum atomic E-state index is -0.0496. The van der Waals surface area contributed by atoms with Crippen LogP contribution in [-0.4, -0.2) is 16.0 Å². The number of hydrogen-bond donors (Lipinski definition) is 2. The number of fused-ring (bicyclic) bond motifs is 1. The zero-order chi connectivity index (χ0) is 15.5. The molecule has 0 saturated carbocycles. The molecule has 3 rings (SSSR count). The Bertz CT molecular complexity index is 790. The fourth-order valence-electron chi connectivity index (χ4n) is 2.27. The molecule has 0 aliphatic rings. The third-order valence-corrected chi connectivity index (χ3v) is 3.37. The molecule has 0 spiro atoms. The molecule has 0 aliphatic heterocycles. The second-order valence-corrected chi connectivity index (χ2v) is 5.19. The summed E-state index contributed by atoms with van der Waals surface area (Å²) in [5, 5.41) is 7.69. The van der Waals surface area contributed by atoms with Gasteiger partial charge in [-0.2, -0.15) is 0 Å². The zero-order valence-corrected chi connectivity index (χ0v) is 12.5. The maximum atomic E-state index is 11.0. The van der Waals surface area contributed by atoms with Crippen LogP contribution in [0.15, 0.2) is 35.1 Å². The van der Waals surface area contributed by atoms with E-state index in [2.05, 4.69) is 21.5 Å². The summed E-state index contributed by atoms with van der Waals surface area (Å²) in [6.45, 7) is 4.35. The predicted octanol–water partition coefficient (Wildman–Crippen LogP) is 2.68. The average Bonchev–Trinajstić information content (AvgIpc) is 3.11. The monoisotopic (exact) mass is 299 g/mol. The van der Waals surface area contributed by atoms with Gasteiger partial charge in [-0.3, -0.25) is 4.79 Å². The molecular weight excluding hydrogens is 282 g/mol. The van der Waals surface area contributed by atoms with Gasteiger partial charge in [-0.05, 0) is 24.6 Å². The van der Waals surface area contributed by atoms with Crippen molar-refractivity contribution in [2.24, 2.45) is 0 Å². The Kier molecular flexibility index (Phi) is 3.82. The van der Waals surface area contributed by atoms with E-state index < -0.39 is 0 Å². The Hall–Kier alpha value is -2.76. The third kappa shape index (κ3) is 3.11. The van der Waals surface area contributed by atoms with Crippen molar-refractivity contribution in [2.75, 3.05) is 0 Å². The molecule has 2 aromatic heterocycles. The summed E-state index contributed by atoms with van der Waals surface area (Å²) in [6, 6.07) is 7.82. The molecule has 22 heavy (non-hydrogen) atoms. The van der Waals surface area contributed by atoms with E-state index in [9.17, 15) is 4.79 Å². The van der Waals surface area contributed by atoms with Gasteiger partial charge in [0.05, 0.1) is 6.54 Å². The molecule has 0 saturated heterocycles. The molecule has 3 aromatic rings. The number of nitrogens with one attached hydrogen (secondary N) is 2. The summed E-state index contributed by atoms with van der Waals surface area (Å²) in [7, 11) is 0. The van der Waals surface area contributed by atoms with Crippen LogP contribution in [0.25, 0.3) is 10.9 Å². The summed E-state index contributed by atoms with van der Waals surface area (Å²) >= 11 is 0. The second-order valence-electron chi connectivity index (χ2n) is 5.19. The van der Waals surface area contributed by atoms with Gasteiger partial charge in [0.15, 0.2) is 0 Å².